The van der Waals surface area contributed by atoms with Crippen molar-refractivity contribution in [2.24, 2.45) is 0 Å². The van der Waals surface area contributed by atoms with Crippen molar-refractivity contribution in [1.29, 1.82) is 0 Å². The zero-order valence-corrected chi connectivity index (χ0v) is 17.0. The Morgan fingerprint density at radius 2 is 1.93 bits per heavy atom. The topological polar surface area (TPSA) is 35.6 Å². The van der Waals surface area contributed by atoms with Gasteiger partial charge in [0.2, 0.25) is 0 Å². The lowest BCUT2D eigenvalue weighted by Gasteiger charge is -2.39. The molecular formula is C23H25N3OS. The molecule has 0 aliphatic carbocycles. The van der Waals surface area contributed by atoms with Gasteiger partial charge in [0.15, 0.2) is 0 Å². The van der Waals surface area contributed by atoms with E-state index in [-0.39, 0.29) is 12.5 Å². The van der Waals surface area contributed by atoms with Gasteiger partial charge in [0.05, 0.1) is 17.9 Å². The summed E-state index contributed by atoms with van der Waals surface area (Å²) < 4.78 is 0. The van der Waals surface area contributed by atoms with Crippen LogP contribution >= 0.6 is 11.8 Å². The second-order valence-electron chi connectivity index (χ2n) is 7.37. The van der Waals surface area contributed by atoms with E-state index in [2.05, 4.69) is 58.3 Å². The van der Waals surface area contributed by atoms with Crippen molar-refractivity contribution >= 4 is 29.0 Å². The van der Waals surface area contributed by atoms with E-state index in [1.165, 1.54) is 41.4 Å². The van der Waals surface area contributed by atoms with Gasteiger partial charge in [-0.05, 0) is 63.2 Å². The molecule has 0 bridgehead atoms. The summed E-state index contributed by atoms with van der Waals surface area (Å²) in [5.41, 5.74) is 2.96. The molecule has 0 radical (unpaired) electrons. The third kappa shape index (κ3) is 3.76. The molecule has 1 unspecified atom stereocenters. The number of nitrogens with one attached hydrogen (secondary N) is 1. The fraction of sp³-hybridized carbons (Fsp3) is 0.348. The van der Waals surface area contributed by atoms with Gasteiger partial charge in [-0.15, -0.1) is 6.42 Å². The van der Waals surface area contributed by atoms with Crippen LogP contribution in [0.15, 0.2) is 52.3 Å². The first kappa shape index (κ1) is 18.9. The third-order valence-corrected chi connectivity index (χ3v) is 6.47. The van der Waals surface area contributed by atoms with Crippen LogP contribution in [0.3, 0.4) is 0 Å². The second-order valence-corrected chi connectivity index (χ2v) is 8.45. The summed E-state index contributed by atoms with van der Waals surface area (Å²) in [5.74, 6) is 2.33. The number of likely N-dealkylation sites (tertiary alicyclic amines) is 1. The quantitative estimate of drug-likeness (QED) is 0.777. The number of carbonyl (C=O) groups is 1. The lowest BCUT2D eigenvalue weighted by molar-refractivity contribution is 0.0958. The van der Waals surface area contributed by atoms with Gasteiger partial charge < -0.3 is 15.1 Å². The molecule has 144 valence electrons. The van der Waals surface area contributed by atoms with E-state index in [0.29, 0.717) is 11.6 Å². The van der Waals surface area contributed by atoms with Crippen molar-refractivity contribution in [3.63, 3.8) is 0 Å². The molecule has 2 aromatic rings. The second kappa shape index (κ2) is 8.30. The highest BCUT2D eigenvalue weighted by atomic mass is 32.2. The van der Waals surface area contributed by atoms with Crippen LogP contribution in [-0.2, 0) is 0 Å². The number of terminal acetylenes is 1. The number of carbonyl (C=O) groups excluding carboxylic acids is 1. The number of amides is 1. The van der Waals surface area contributed by atoms with Crippen LogP contribution in [0.25, 0.3) is 0 Å². The van der Waals surface area contributed by atoms with Crippen molar-refractivity contribution in [2.75, 3.05) is 31.1 Å². The zero-order valence-electron chi connectivity index (χ0n) is 16.1. The molecule has 1 amide bonds. The van der Waals surface area contributed by atoms with Gasteiger partial charge in [0.25, 0.3) is 5.91 Å². The van der Waals surface area contributed by atoms with Gasteiger partial charge in [0.1, 0.15) is 0 Å². The maximum atomic E-state index is 12.4. The van der Waals surface area contributed by atoms with E-state index < -0.39 is 0 Å². The molecule has 4 rings (SSSR count). The minimum Gasteiger partial charge on any atom is -0.341 e. The Labute approximate surface area is 171 Å². The average molecular weight is 392 g/mol. The van der Waals surface area contributed by atoms with Crippen LogP contribution in [0.2, 0.25) is 0 Å². The highest BCUT2D eigenvalue weighted by Crippen LogP contribution is 2.49. The van der Waals surface area contributed by atoms with Crippen LogP contribution in [0.4, 0.5) is 11.4 Å². The molecule has 0 saturated carbocycles. The van der Waals surface area contributed by atoms with Crippen molar-refractivity contribution in [2.45, 2.75) is 35.6 Å². The van der Waals surface area contributed by atoms with Gasteiger partial charge in [-0.1, -0.05) is 29.8 Å². The van der Waals surface area contributed by atoms with Crippen LogP contribution in [-0.4, -0.2) is 43.0 Å². The summed E-state index contributed by atoms with van der Waals surface area (Å²) in [5, 5.41) is 2.77. The first-order valence-corrected chi connectivity index (χ1v) is 10.6. The molecule has 1 fully saturated rings. The van der Waals surface area contributed by atoms with Crippen molar-refractivity contribution < 1.29 is 4.79 Å². The minimum absolute atomic E-state index is 0.128. The molecule has 5 heteroatoms. The highest BCUT2D eigenvalue weighted by Gasteiger charge is 2.29. The molecule has 1 saturated heterocycles. The Kier molecular flexibility index (Phi) is 5.61. The lowest BCUT2D eigenvalue weighted by Crippen LogP contribution is -2.40. The van der Waals surface area contributed by atoms with E-state index in [0.717, 1.165) is 12.2 Å². The Bertz CT molecular complexity index is 914. The first-order valence-electron chi connectivity index (χ1n) is 9.81. The monoisotopic (exact) mass is 391 g/mol. The SMILES string of the molecule is C#CCNC(=O)c1ccc2c(c1)N(C(C)CN1CCCC1)c1ccccc1S2. The molecule has 1 atom stereocenters. The number of hydrogen-bond donors (Lipinski definition) is 1. The summed E-state index contributed by atoms with van der Waals surface area (Å²) in [4.78, 5) is 19.8. The molecule has 4 nitrogen and oxygen atoms in total. The molecule has 0 spiro atoms. The number of benzene rings is 2. The van der Waals surface area contributed by atoms with Gasteiger partial charge in [-0.3, -0.25) is 4.79 Å². The van der Waals surface area contributed by atoms with Gasteiger partial charge in [0, 0.05) is 27.9 Å². The summed E-state index contributed by atoms with van der Waals surface area (Å²) in [6, 6.07) is 14.8. The maximum Gasteiger partial charge on any atom is 0.252 e. The molecule has 2 heterocycles. The van der Waals surface area contributed by atoms with Crippen LogP contribution in [0.5, 0.6) is 0 Å². The fourth-order valence-corrected chi connectivity index (χ4v) is 5.11. The molecule has 2 aliphatic heterocycles. The molecular weight excluding hydrogens is 366 g/mol. The van der Waals surface area contributed by atoms with E-state index in [1.54, 1.807) is 11.8 Å². The Hall–Kier alpha value is -2.42. The number of hydrogen-bond acceptors (Lipinski definition) is 4. The van der Waals surface area contributed by atoms with Crippen LogP contribution in [0.1, 0.15) is 30.1 Å². The molecule has 2 aliphatic rings. The standard InChI is InChI=1S/C23H25N3OS/c1-3-12-24-23(27)18-10-11-22-20(15-18)26(17(2)16-25-13-6-7-14-25)19-8-4-5-9-21(19)28-22/h1,4-5,8-11,15,17H,6-7,12-14,16H2,2H3,(H,24,27). The Morgan fingerprint density at radius 3 is 2.71 bits per heavy atom. The van der Waals surface area contributed by atoms with E-state index in [4.69, 9.17) is 6.42 Å². The minimum atomic E-state index is -0.128. The smallest absolute Gasteiger partial charge is 0.252 e. The summed E-state index contributed by atoms with van der Waals surface area (Å²) >= 11 is 1.77. The molecule has 2 aromatic carbocycles. The first-order chi connectivity index (χ1) is 13.7. The van der Waals surface area contributed by atoms with E-state index in [9.17, 15) is 4.79 Å². The predicted molar refractivity (Wildman–Crippen MR) is 115 cm³/mol. The Balaban J connectivity index is 1.69. The number of anilines is 2. The van der Waals surface area contributed by atoms with Gasteiger partial charge in [-0.2, -0.15) is 0 Å². The summed E-state index contributed by atoms with van der Waals surface area (Å²) in [6.45, 7) is 5.89. The number of para-hydroxylation sites is 1. The number of rotatable bonds is 5. The third-order valence-electron chi connectivity index (χ3n) is 5.34. The largest absolute Gasteiger partial charge is 0.341 e. The van der Waals surface area contributed by atoms with E-state index >= 15 is 0 Å². The van der Waals surface area contributed by atoms with E-state index in [1.807, 2.05) is 12.1 Å². The van der Waals surface area contributed by atoms with Crippen molar-refractivity contribution in [3.05, 3.63) is 48.0 Å². The predicted octanol–water partition coefficient (Wildman–Crippen LogP) is 4.14. The summed E-state index contributed by atoms with van der Waals surface area (Å²) in [6.07, 6.45) is 7.85. The maximum absolute atomic E-state index is 12.4. The summed E-state index contributed by atoms with van der Waals surface area (Å²) in [7, 11) is 0. The molecule has 0 aromatic heterocycles. The lowest BCUT2D eigenvalue weighted by atomic mass is 10.1. The molecule has 28 heavy (non-hydrogen) atoms. The number of nitrogens with zero attached hydrogens (tertiary/aromatic N) is 2. The van der Waals surface area contributed by atoms with Gasteiger partial charge in [-0.25, -0.2) is 0 Å². The zero-order chi connectivity index (χ0) is 19.5. The van der Waals surface area contributed by atoms with Crippen molar-refractivity contribution in [1.82, 2.24) is 10.2 Å². The normalized spacial score (nSPS) is 16.8. The Morgan fingerprint density at radius 1 is 1.18 bits per heavy atom. The fourth-order valence-electron chi connectivity index (χ4n) is 4.05. The van der Waals surface area contributed by atoms with Crippen LogP contribution in [0, 0.1) is 12.3 Å². The molecule has 1 N–H and O–H groups in total. The number of fused-ring (bicyclic) bond motifs is 2. The van der Waals surface area contributed by atoms with Crippen molar-refractivity contribution in [3.8, 4) is 12.3 Å². The van der Waals surface area contributed by atoms with Crippen LogP contribution < -0.4 is 10.2 Å². The highest BCUT2D eigenvalue weighted by molar-refractivity contribution is 7.99. The van der Waals surface area contributed by atoms with Gasteiger partial charge >= 0.3 is 0 Å². The average Bonchev–Trinajstić information content (AvgIpc) is 3.22.